The predicted molar refractivity (Wildman–Crippen MR) is 80.0 cm³/mol. The average molecular weight is 286 g/mol. The molecule has 2 aromatic heterocycles. The van der Waals surface area contributed by atoms with Gasteiger partial charge in [-0.3, -0.25) is 9.78 Å². The van der Waals surface area contributed by atoms with E-state index in [1.807, 2.05) is 18.2 Å². The first-order chi connectivity index (χ1) is 10.3. The molecule has 1 amide bonds. The molecule has 2 rings (SSSR count). The predicted octanol–water partition coefficient (Wildman–Crippen LogP) is 1.46. The minimum absolute atomic E-state index is 0.143. The molecule has 2 aromatic rings. The van der Waals surface area contributed by atoms with Crippen LogP contribution >= 0.6 is 0 Å². The third kappa shape index (κ3) is 4.85. The number of hydrogen-bond acceptors (Lipinski definition) is 5. The Kier molecular flexibility index (Phi) is 5.66. The summed E-state index contributed by atoms with van der Waals surface area (Å²) in [4.78, 5) is 20.3. The van der Waals surface area contributed by atoms with Crippen molar-refractivity contribution >= 4 is 11.7 Å². The molecule has 0 radical (unpaired) electrons. The normalized spacial score (nSPS) is 10.1. The van der Waals surface area contributed by atoms with E-state index >= 15 is 0 Å². The minimum atomic E-state index is -0.143. The van der Waals surface area contributed by atoms with Gasteiger partial charge < -0.3 is 15.4 Å². The summed E-state index contributed by atoms with van der Waals surface area (Å²) < 4.78 is 4.89. The number of carbonyl (C=O) groups excluding carboxylic acids is 1. The van der Waals surface area contributed by atoms with E-state index in [2.05, 4.69) is 20.6 Å². The number of ether oxygens (including phenoxy) is 1. The van der Waals surface area contributed by atoms with Gasteiger partial charge in [-0.15, -0.1) is 0 Å². The number of carbonyl (C=O) groups is 1. The smallest absolute Gasteiger partial charge is 0.251 e. The number of pyridine rings is 2. The van der Waals surface area contributed by atoms with E-state index in [1.54, 1.807) is 31.6 Å². The summed E-state index contributed by atoms with van der Waals surface area (Å²) >= 11 is 0. The van der Waals surface area contributed by atoms with Crippen molar-refractivity contribution in [3.8, 4) is 0 Å². The summed E-state index contributed by atoms with van der Waals surface area (Å²) in [5, 5.41) is 5.91. The lowest BCUT2D eigenvalue weighted by molar-refractivity contribution is 0.0937. The molecule has 6 nitrogen and oxygen atoms in total. The van der Waals surface area contributed by atoms with E-state index in [1.165, 1.54) is 0 Å². The fraction of sp³-hybridized carbons (Fsp3) is 0.267. The molecule has 0 saturated carbocycles. The summed E-state index contributed by atoms with van der Waals surface area (Å²) in [5.41, 5.74) is 1.47. The van der Waals surface area contributed by atoms with Crippen LogP contribution in [0.25, 0.3) is 0 Å². The summed E-state index contributed by atoms with van der Waals surface area (Å²) in [6.07, 6.45) is 3.34. The van der Waals surface area contributed by atoms with E-state index < -0.39 is 0 Å². The molecule has 0 aromatic carbocycles. The molecular formula is C15H18N4O2. The molecule has 0 bridgehead atoms. The second-order valence-electron chi connectivity index (χ2n) is 4.35. The van der Waals surface area contributed by atoms with Gasteiger partial charge in [0.15, 0.2) is 0 Å². The number of amides is 1. The molecule has 21 heavy (non-hydrogen) atoms. The summed E-state index contributed by atoms with van der Waals surface area (Å²) in [6, 6.07) is 9.11. The molecule has 0 atom stereocenters. The van der Waals surface area contributed by atoms with Crippen molar-refractivity contribution in [2.45, 2.75) is 6.54 Å². The molecule has 110 valence electrons. The van der Waals surface area contributed by atoms with E-state index in [0.29, 0.717) is 31.1 Å². The van der Waals surface area contributed by atoms with Gasteiger partial charge in [0.1, 0.15) is 5.82 Å². The first kappa shape index (κ1) is 14.9. The lowest BCUT2D eigenvalue weighted by Gasteiger charge is -2.08. The third-order valence-electron chi connectivity index (χ3n) is 2.79. The molecule has 2 heterocycles. The number of hydrogen-bond donors (Lipinski definition) is 2. The number of anilines is 1. The number of aromatic nitrogens is 2. The number of nitrogens with one attached hydrogen (secondary N) is 2. The maximum atomic E-state index is 11.9. The monoisotopic (exact) mass is 286 g/mol. The Balaban J connectivity index is 1.92. The lowest BCUT2D eigenvalue weighted by atomic mass is 10.2. The van der Waals surface area contributed by atoms with Crippen LogP contribution in [0, 0.1) is 0 Å². The molecule has 0 spiro atoms. The topological polar surface area (TPSA) is 76.1 Å². The summed E-state index contributed by atoms with van der Waals surface area (Å²) in [5.74, 6) is 0.496. The van der Waals surface area contributed by atoms with E-state index in [-0.39, 0.29) is 5.91 Å². The number of methoxy groups -OCH3 is 1. The van der Waals surface area contributed by atoms with Crippen molar-refractivity contribution in [1.82, 2.24) is 15.3 Å². The molecule has 2 N–H and O–H groups in total. The Morgan fingerprint density at radius 2 is 2.14 bits per heavy atom. The van der Waals surface area contributed by atoms with Crippen LogP contribution in [0.2, 0.25) is 0 Å². The lowest BCUT2D eigenvalue weighted by Crippen LogP contribution is -2.27. The molecule has 6 heteroatoms. The highest BCUT2D eigenvalue weighted by Crippen LogP contribution is 2.08. The highest BCUT2D eigenvalue weighted by Gasteiger charge is 2.06. The van der Waals surface area contributed by atoms with Crippen LogP contribution in [0.4, 0.5) is 5.82 Å². The van der Waals surface area contributed by atoms with Crippen molar-refractivity contribution in [3.63, 3.8) is 0 Å². The zero-order valence-electron chi connectivity index (χ0n) is 11.9. The van der Waals surface area contributed by atoms with Crippen molar-refractivity contribution in [3.05, 3.63) is 54.0 Å². The third-order valence-corrected chi connectivity index (χ3v) is 2.79. The van der Waals surface area contributed by atoms with Gasteiger partial charge in [-0.1, -0.05) is 6.07 Å². The molecule has 0 aliphatic carbocycles. The molecule has 0 aliphatic rings. The Bertz CT molecular complexity index is 575. The van der Waals surface area contributed by atoms with Gasteiger partial charge in [0.2, 0.25) is 0 Å². The van der Waals surface area contributed by atoms with Gasteiger partial charge in [-0.25, -0.2) is 4.98 Å². The maximum Gasteiger partial charge on any atom is 0.251 e. The maximum absolute atomic E-state index is 11.9. The molecular weight excluding hydrogens is 268 g/mol. The van der Waals surface area contributed by atoms with Crippen LogP contribution in [0.5, 0.6) is 0 Å². The Hall–Kier alpha value is -2.47. The Morgan fingerprint density at radius 3 is 2.90 bits per heavy atom. The summed E-state index contributed by atoms with van der Waals surface area (Å²) in [6.45, 7) is 1.53. The molecule has 0 saturated heterocycles. The number of rotatable bonds is 7. The largest absolute Gasteiger partial charge is 0.383 e. The van der Waals surface area contributed by atoms with E-state index in [9.17, 15) is 4.79 Å². The first-order valence-corrected chi connectivity index (χ1v) is 6.66. The van der Waals surface area contributed by atoms with Gasteiger partial charge >= 0.3 is 0 Å². The van der Waals surface area contributed by atoms with Crippen LogP contribution in [-0.4, -0.2) is 36.1 Å². The molecule has 0 fully saturated rings. The summed E-state index contributed by atoms with van der Waals surface area (Å²) in [7, 11) is 1.60. The van der Waals surface area contributed by atoms with Gasteiger partial charge in [0.25, 0.3) is 5.91 Å². The van der Waals surface area contributed by atoms with Crippen LogP contribution in [0.3, 0.4) is 0 Å². The Labute approximate surface area is 123 Å². The second-order valence-corrected chi connectivity index (χ2v) is 4.35. The highest BCUT2D eigenvalue weighted by molar-refractivity contribution is 5.94. The fourth-order valence-corrected chi connectivity index (χ4v) is 1.72. The second kappa shape index (κ2) is 7.96. The quantitative estimate of drug-likeness (QED) is 0.754. The van der Waals surface area contributed by atoms with Crippen LogP contribution in [0.1, 0.15) is 16.1 Å². The molecule has 0 aliphatic heterocycles. The zero-order chi connectivity index (χ0) is 14.9. The van der Waals surface area contributed by atoms with Crippen LogP contribution < -0.4 is 10.6 Å². The highest BCUT2D eigenvalue weighted by atomic mass is 16.5. The van der Waals surface area contributed by atoms with Gasteiger partial charge in [-0.05, 0) is 24.3 Å². The minimum Gasteiger partial charge on any atom is -0.383 e. The van der Waals surface area contributed by atoms with Gasteiger partial charge in [-0.2, -0.15) is 0 Å². The van der Waals surface area contributed by atoms with Crippen LogP contribution in [0.15, 0.2) is 42.7 Å². The van der Waals surface area contributed by atoms with Crippen LogP contribution in [-0.2, 0) is 11.3 Å². The fourth-order valence-electron chi connectivity index (χ4n) is 1.72. The number of nitrogens with zero attached hydrogens (tertiary/aromatic N) is 2. The Morgan fingerprint density at radius 1 is 1.24 bits per heavy atom. The van der Waals surface area contributed by atoms with E-state index in [0.717, 1.165) is 5.69 Å². The average Bonchev–Trinajstić information content (AvgIpc) is 2.54. The van der Waals surface area contributed by atoms with Gasteiger partial charge in [0.05, 0.1) is 18.8 Å². The van der Waals surface area contributed by atoms with Crippen molar-refractivity contribution in [2.75, 3.05) is 25.6 Å². The van der Waals surface area contributed by atoms with E-state index in [4.69, 9.17) is 4.74 Å². The van der Waals surface area contributed by atoms with Crippen molar-refractivity contribution in [1.29, 1.82) is 0 Å². The molecule has 0 unspecified atom stereocenters. The first-order valence-electron chi connectivity index (χ1n) is 6.66. The van der Waals surface area contributed by atoms with Crippen molar-refractivity contribution < 1.29 is 9.53 Å². The SMILES string of the molecule is COCCNC(=O)c1ccnc(NCc2ccccn2)c1. The van der Waals surface area contributed by atoms with Gasteiger partial charge in [0, 0.05) is 31.6 Å². The zero-order valence-corrected chi connectivity index (χ0v) is 11.9. The standard InChI is InChI=1S/C15H18N4O2/c1-21-9-8-18-15(20)12-5-7-17-14(10-12)19-11-13-4-2-3-6-16-13/h2-7,10H,8-9,11H2,1H3,(H,17,19)(H,18,20). The van der Waals surface area contributed by atoms with Crippen molar-refractivity contribution in [2.24, 2.45) is 0 Å².